The lowest BCUT2D eigenvalue weighted by atomic mass is 9.98. The lowest BCUT2D eigenvalue weighted by Gasteiger charge is -2.35. The van der Waals surface area contributed by atoms with Gasteiger partial charge in [-0.1, -0.05) is 6.92 Å². The number of fused-ring (bicyclic) bond motifs is 1. The zero-order valence-corrected chi connectivity index (χ0v) is 9.84. The summed E-state index contributed by atoms with van der Waals surface area (Å²) in [4.78, 5) is 6.58. The first kappa shape index (κ1) is 10.6. The number of anilines is 1. The molecule has 4 heteroatoms. The predicted octanol–water partition coefficient (Wildman–Crippen LogP) is 2.03. The maximum atomic E-state index is 9.84. The van der Waals surface area contributed by atoms with Gasteiger partial charge in [-0.25, -0.2) is 4.98 Å². The van der Waals surface area contributed by atoms with E-state index in [1.54, 1.807) is 12.5 Å². The zero-order valence-electron chi connectivity index (χ0n) is 9.84. The second-order valence-corrected chi connectivity index (χ2v) is 4.87. The largest absolute Gasteiger partial charge is 0.464 e. The minimum Gasteiger partial charge on any atom is -0.464 e. The van der Waals surface area contributed by atoms with Crippen molar-refractivity contribution >= 4 is 16.8 Å². The van der Waals surface area contributed by atoms with E-state index < -0.39 is 0 Å². The molecule has 0 amide bonds. The molecule has 3 rings (SSSR count). The van der Waals surface area contributed by atoms with Gasteiger partial charge in [0.25, 0.3) is 0 Å². The third-order valence-corrected chi connectivity index (χ3v) is 3.30. The molecule has 1 N–H and O–H groups in total. The summed E-state index contributed by atoms with van der Waals surface area (Å²) in [6.45, 7) is 3.75. The van der Waals surface area contributed by atoms with E-state index in [0.29, 0.717) is 12.5 Å². The highest BCUT2D eigenvalue weighted by Crippen LogP contribution is 2.28. The maximum absolute atomic E-state index is 9.84. The van der Waals surface area contributed by atoms with Crippen molar-refractivity contribution in [2.24, 2.45) is 5.92 Å². The summed E-state index contributed by atoms with van der Waals surface area (Å²) in [7, 11) is 0. The average molecular weight is 232 g/mol. The fourth-order valence-corrected chi connectivity index (χ4v) is 2.62. The molecule has 0 spiro atoms. The number of hydrogen-bond donors (Lipinski definition) is 1. The van der Waals surface area contributed by atoms with E-state index >= 15 is 0 Å². The molecule has 1 aliphatic heterocycles. The van der Waals surface area contributed by atoms with Gasteiger partial charge in [0, 0.05) is 19.3 Å². The number of β-amino-alcohol motifs (C(OH)–C–C–N with tert-alkyl or cyclic N) is 1. The third-order valence-electron chi connectivity index (χ3n) is 3.30. The van der Waals surface area contributed by atoms with Gasteiger partial charge in [0.15, 0.2) is 0 Å². The summed E-state index contributed by atoms with van der Waals surface area (Å²) in [5.74, 6) is 1.41. The normalized spacial score (nSPS) is 25.4. The van der Waals surface area contributed by atoms with E-state index in [9.17, 15) is 5.11 Å². The molecule has 0 aliphatic carbocycles. The number of piperidine rings is 1. The van der Waals surface area contributed by atoms with Crippen LogP contribution in [-0.2, 0) is 0 Å². The number of hydrogen-bond acceptors (Lipinski definition) is 4. The van der Waals surface area contributed by atoms with Gasteiger partial charge < -0.3 is 14.4 Å². The molecule has 1 fully saturated rings. The average Bonchev–Trinajstić information content (AvgIpc) is 2.75. The summed E-state index contributed by atoms with van der Waals surface area (Å²) >= 11 is 0. The van der Waals surface area contributed by atoms with Crippen LogP contribution in [0.2, 0.25) is 0 Å². The molecule has 2 atom stereocenters. The lowest BCUT2D eigenvalue weighted by molar-refractivity contribution is 0.132. The first-order chi connectivity index (χ1) is 8.24. The molecule has 1 aliphatic rings. The quantitative estimate of drug-likeness (QED) is 0.817. The molecule has 2 aromatic heterocycles. The Bertz CT molecular complexity index is 513. The van der Waals surface area contributed by atoms with Gasteiger partial charge >= 0.3 is 0 Å². The summed E-state index contributed by atoms with van der Waals surface area (Å²) in [5.41, 5.74) is 0.850. The highest BCUT2D eigenvalue weighted by molar-refractivity contribution is 5.88. The molecular weight excluding hydrogens is 216 g/mol. The minimum atomic E-state index is -0.261. The molecule has 2 aromatic rings. The van der Waals surface area contributed by atoms with Gasteiger partial charge in [0.2, 0.25) is 0 Å². The molecule has 0 radical (unpaired) electrons. The van der Waals surface area contributed by atoms with Crippen LogP contribution in [0.5, 0.6) is 0 Å². The number of aliphatic hydroxyl groups is 1. The highest BCUT2D eigenvalue weighted by Gasteiger charge is 2.25. The number of rotatable bonds is 1. The number of nitrogens with zero attached hydrogens (tertiary/aromatic N) is 2. The van der Waals surface area contributed by atoms with Crippen molar-refractivity contribution in [3.8, 4) is 0 Å². The van der Waals surface area contributed by atoms with Crippen molar-refractivity contribution < 1.29 is 9.52 Å². The van der Waals surface area contributed by atoms with Crippen LogP contribution < -0.4 is 4.90 Å². The van der Waals surface area contributed by atoms with E-state index in [1.807, 2.05) is 12.1 Å². The van der Waals surface area contributed by atoms with Crippen LogP contribution in [0.3, 0.4) is 0 Å². The molecule has 0 bridgehead atoms. The highest BCUT2D eigenvalue weighted by atomic mass is 16.3. The molecule has 0 saturated carbocycles. The Morgan fingerprint density at radius 3 is 3.12 bits per heavy atom. The number of pyridine rings is 1. The van der Waals surface area contributed by atoms with Gasteiger partial charge in [-0.15, -0.1) is 0 Å². The number of aromatic nitrogens is 1. The Hall–Kier alpha value is -1.55. The Morgan fingerprint density at radius 2 is 2.29 bits per heavy atom. The number of furan rings is 1. The lowest BCUT2D eigenvalue weighted by Crippen LogP contribution is -2.42. The van der Waals surface area contributed by atoms with Crippen LogP contribution in [0, 0.1) is 5.92 Å². The topological polar surface area (TPSA) is 49.5 Å². The molecule has 90 valence electrons. The van der Waals surface area contributed by atoms with Crippen molar-refractivity contribution in [2.75, 3.05) is 18.0 Å². The Balaban J connectivity index is 2.00. The van der Waals surface area contributed by atoms with Crippen molar-refractivity contribution in [2.45, 2.75) is 19.4 Å². The van der Waals surface area contributed by atoms with Crippen molar-refractivity contribution in [3.05, 3.63) is 24.6 Å². The molecule has 1 saturated heterocycles. The van der Waals surface area contributed by atoms with Gasteiger partial charge in [-0.3, -0.25) is 0 Å². The van der Waals surface area contributed by atoms with Crippen LogP contribution in [0.4, 0.5) is 5.82 Å². The Labute approximate surface area is 99.9 Å². The van der Waals surface area contributed by atoms with Crippen LogP contribution in [-0.4, -0.2) is 29.3 Å². The van der Waals surface area contributed by atoms with Crippen LogP contribution in [0.1, 0.15) is 13.3 Å². The maximum Gasteiger partial charge on any atom is 0.139 e. The van der Waals surface area contributed by atoms with E-state index in [0.717, 1.165) is 29.8 Å². The monoisotopic (exact) mass is 232 g/mol. The van der Waals surface area contributed by atoms with E-state index in [4.69, 9.17) is 4.42 Å². The first-order valence-corrected chi connectivity index (χ1v) is 5.99. The van der Waals surface area contributed by atoms with Gasteiger partial charge in [0.05, 0.1) is 17.8 Å². The first-order valence-electron chi connectivity index (χ1n) is 5.99. The second-order valence-electron chi connectivity index (χ2n) is 4.87. The molecule has 4 nitrogen and oxygen atoms in total. The molecule has 3 heterocycles. The van der Waals surface area contributed by atoms with E-state index in [-0.39, 0.29) is 6.10 Å². The summed E-state index contributed by atoms with van der Waals surface area (Å²) in [6, 6.07) is 3.80. The van der Waals surface area contributed by atoms with Gasteiger partial charge in [-0.2, -0.15) is 0 Å². The summed E-state index contributed by atoms with van der Waals surface area (Å²) < 4.78 is 5.37. The number of aliphatic hydroxyl groups excluding tert-OH is 1. The second kappa shape index (κ2) is 4.04. The van der Waals surface area contributed by atoms with E-state index in [1.165, 1.54) is 0 Å². The standard InChI is InChI=1S/C13H16N2O2/c1-9-6-10(16)8-15(7-9)13-11-3-5-17-12(11)2-4-14-13/h2-5,9-10,16H,6-8H2,1H3. The van der Waals surface area contributed by atoms with Gasteiger partial charge in [-0.05, 0) is 24.5 Å². The fraction of sp³-hybridized carbons (Fsp3) is 0.462. The smallest absolute Gasteiger partial charge is 0.139 e. The fourth-order valence-electron chi connectivity index (χ4n) is 2.62. The molecular formula is C13H16N2O2. The van der Waals surface area contributed by atoms with Gasteiger partial charge in [0.1, 0.15) is 11.4 Å². The molecule has 17 heavy (non-hydrogen) atoms. The zero-order chi connectivity index (χ0) is 11.8. The summed E-state index contributed by atoms with van der Waals surface area (Å²) in [6.07, 6.45) is 4.05. The third kappa shape index (κ3) is 1.89. The Morgan fingerprint density at radius 1 is 1.41 bits per heavy atom. The van der Waals surface area contributed by atoms with Crippen molar-refractivity contribution in [3.63, 3.8) is 0 Å². The van der Waals surface area contributed by atoms with E-state index in [2.05, 4.69) is 16.8 Å². The van der Waals surface area contributed by atoms with Crippen molar-refractivity contribution in [1.82, 2.24) is 4.98 Å². The Kier molecular flexibility index (Phi) is 2.52. The van der Waals surface area contributed by atoms with Crippen LogP contribution in [0.15, 0.2) is 29.0 Å². The molecule has 0 aromatic carbocycles. The van der Waals surface area contributed by atoms with Crippen molar-refractivity contribution in [1.29, 1.82) is 0 Å². The minimum absolute atomic E-state index is 0.261. The summed E-state index contributed by atoms with van der Waals surface area (Å²) in [5, 5.41) is 10.9. The van der Waals surface area contributed by atoms with Crippen LogP contribution in [0.25, 0.3) is 11.0 Å². The SMILES string of the molecule is CC1CC(O)CN(c2nccc3occc23)C1. The van der Waals surface area contributed by atoms with Crippen LogP contribution >= 0.6 is 0 Å². The molecule has 2 unspecified atom stereocenters. The predicted molar refractivity (Wildman–Crippen MR) is 66.0 cm³/mol.